The van der Waals surface area contributed by atoms with Crippen molar-refractivity contribution in [3.8, 4) is 5.75 Å². The van der Waals surface area contributed by atoms with Crippen LogP contribution in [0, 0.1) is 0 Å². The molecule has 0 amide bonds. The van der Waals surface area contributed by atoms with Crippen molar-refractivity contribution in [2.75, 3.05) is 7.11 Å². The fourth-order valence-corrected chi connectivity index (χ4v) is 3.89. The third-order valence-corrected chi connectivity index (χ3v) is 5.58. The summed E-state index contributed by atoms with van der Waals surface area (Å²) in [5, 5.41) is 5.18. The third kappa shape index (κ3) is 5.14. The first kappa shape index (κ1) is 24.2. The van der Waals surface area contributed by atoms with Crippen LogP contribution in [0.1, 0.15) is 38.1 Å². The second-order valence-electron chi connectivity index (χ2n) is 7.24. The van der Waals surface area contributed by atoms with Crippen LogP contribution in [0.15, 0.2) is 44.7 Å². The lowest BCUT2D eigenvalue weighted by Crippen LogP contribution is -2.25. The second kappa shape index (κ2) is 10.0. The molecule has 3 aromatic rings. The fourth-order valence-electron chi connectivity index (χ4n) is 2.93. The minimum atomic E-state index is -0.885. The van der Waals surface area contributed by atoms with Gasteiger partial charge < -0.3 is 9.47 Å². The highest BCUT2D eigenvalue weighted by Crippen LogP contribution is 2.34. The topological polar surface area (TPSA) is 82.8 Å². The number of hydrogen-bond acceptors (Lipinski definition) is 6. The standard InChI is InChI=1S/C22H20BrCl2N3O4/c1-11(2)20-27-18-6-5-14(23)9-15(18)21(29)28(20)26-10-13-7-16(24)19(17(25)8-13)32-12(3)22(30)31-4/h5-12H,1-4H3/t12-/m0/s1. The Kier molecular flexibility index (Phi) is 7.59. The van der Waals surface area contributed by atoms with Gasteiger partial charge in [0.25, 0.3) is 5.56 Å². The van der Waals surface area contributed by atoms with Crippen molar-refractivity contribution >= 4 is 62.2 Å². The summed E-state index contributed by atoms with van der Waals surface area (Å²) in [7, 11) is 1.26. The van der Waals surface area contributed by atoms with E-state index in [1.807, 2.05) is 19.9 Å². The predicted molar refractivity (Wildman–Crippen MR) is 129 cm³/mol. The van der Waals surface area contributed by atoms with Gasteiger partial charge in [-0.25, -0.2) is 9.78 Å². The van der Waals surface area contributed by atoms with E-state index in [-0.39, 0.29) is 27.3 Å². The summed E-state index contributed by atoms with van der Waals surface area (Å²) in [6.45, 7) is 5.39. The van der Waals surface area contributed by atoms with Crippen molar-refractivity contribution in [3.63, 3.8) is 0 Å². The summed E-state index contributed by atoms with van der Waals surface area (Å²) in [6, 6.07) is 8.47. The summed E-state index contributed by atoms with van der Waals surface area (Å²) in [5.41, 5.74) is 0.843. The maximum atomic E-state index is 13.1. The molecule has 7 nitrogen and oxygen atoms in total. The first-order chi connectivity index (χ1) is 15.1. The zero-order valence-electron chi connectivity index (χ0n) is 17.7. The summed E-state index contributed by atoms with van der Waals surface area (Å²) in [6.07, 6.45) is 0.578. The van der Waals surface area contributed by atoms with E-state index in [0.717, 1.165) is 4.47 Å². The molecule has 32 heavy (non-hydrogen) atoms. The van der Waals surface area contributed by atoms with Gasteiger partial charge in [-0.15, -0.1) is 0 Å². The lowest BCUT2D eigenvalue weighted by Gasteiger charge is -2.15. The van der Waals surface area contributed by atoms with Gasteiger partial charge in [-0.3, -0.25) is 4.79 Å². The van der Waals surface area contributed by atoms with Crippen molar-refractivity contribution in [3.05, 3.63) is 66.6 Å². The molecule has 0 fully saturated rings. The van der Waals surface area contributed by atoms with Crippen LogP contribution in [0.3, 0.4) is 0 Å². The fraction of sp³-hybridized carbons (Fsp3) is 0.273. The number of nitrogens with zero attached hydrogens (tertiary/aromatic N) is 3. The van der Waals surface area contributed by atoms with Crippen molar-refractivity contribution in [1.29, 1.82) is 0 Å². The van der Waals surface area contributed by atoms with E-state index >= 15 is 0 Å². The van der Waals surface area contributed by atoms with Crippen molar-refractivity contribution < 1.29 is 14.3 Å². The Labute approximate surface area is 203 Å². The average Bonchev–Trinajstić information content (AvgIpc) is 2.74. The number of carbonyl (C=O) groups is 1. The third-order valence-electron chi connectivity index (χ3n) is 4.52. The molecule has 0 saturated carbocycles. The maximum Gasteiger partial charge on any atom is 0.346 e. The van der Waals surface area contributed by atoms with Gasteiger partial charge in [0.15, 0.2) is 11.9 Å². The summed E-state index contributed by atoms with van der Waals surface area (Å²) in [4.78, 5) is 29.3. The average molecular weight is 541 g/mol. The van der Waals surface area contributed by atoms with Gasteiger partial charge >= 0.3 is 5.97 Å². The van der Waals surface area contributed by atoms with Crippen LogP contribution in [0.2, 0.25) is 10.0 Å². The van der Waals surface area contributed by atoms with Crippen molar-refractivity contribution in [2.24, 2.45) is 5.10 Å². The molecular weight excluding hydrogens is 521 g/mol. The van der Waals surface area contributed by atoms with E-state index < -0.39 is 12.1 Å². The molecule has 0 aliphatic rings. The zero-order valence-corrected chi connectivity index (χ0v) is 20.8. The molecule has 0 N–H and O–H groups in total. The van der Waals surface area contributed by atoms with Crippen LogP contribution >= 0.6 is 39.1 Å². The molecule has 0 bridgehead atoms. The Bertz CT molecular complexity index is 1250. The van der Waals surface area contributed by atoms with Gasteiger partial charge in [-0.1, -0.05) is 53.0 Å². The Hall–Kier alpha value is -2.42. The predicted octanol–water partition coefficient (Wildman–Crippen LogP) is 5.41. The Balaban J connectivity index is 2.02. The molecule has 0 unspecified atom stereocenters. The van der Waals surface area contributed by atoms with Gasteiger partial charge in [-0.2, -0.15) is 9.78 Å². The van der Waals surface area contributed by atoms with Crippen LogP contribution < -0.4 is 10.3 Å². The van der Waals surface area contributed by atoms with E-state index in [0.29, 0.717) is 22.3 Å². The number of hydrogen-bond donors (Lipinski definition) is 0. The van der Waals surface area contributed by atoms with Gasteiger partial charge in [0.2, 0.25) is 0 Å². The second-order valence-corrected chi connectivity index (χ2v) is 8.97. The first-order valence-corrected chi connectivity index (χ1v) is 11.2. The molecule has 0 aliphatic carbocycles. The number of aromatic nitrogens is 2. The largest absolute Gasteiger partial charge is 0.476 e. The highest BCUT2D eigenvalue weighted by Gasteiger charge is 2.19. The monoisotopic (exact) mass is 539 g/mol. The summed E-state index contributed by atoms with van der Waals surface area (Å²) < 4.78 is 12.2. The smallest absolute Gasteiger partial charge is 0.346 e. The minimum Gasteiger partial charge on any atom is -0.476 e. The number of rotatable bonds is 6. The molecule has 168 valence electrons. The molecular formula is C22H20BrCl2N3O4. The summed E-state index contributed by atoms with van der Waals surface area (Å²) >= 11 is 16.0. The molecule has 3 rings (SSSR count). The normalized spacial score (nSPS) is 12.5. The molecule has 2 aromatic carbocycles. The van der Waals surface area contributed by atoms with Gasteiger partial charge in [0, 0.05) is 10.4 Å². The van der Waals surface area contributed by atoms with Crippen LogP contribution in [0.25, 0.3) is 10.9 Å². The first-order valence-electron chi connectivity index (χ1n) is 9.62. The molecule has 1 heterocycles. The maximum absolute atomic E-state index is 13.1. The highest BCUT2D eigenvalue weighted by atomic mass is 79.9. The highest BCUT2D eigenvalue weighted by molar-refractivity contribution is 9.10. The summed E-state index contributed by atoms with van der Waals surface area (Å²) in [5.74, 6) is 0.0697. The quantitative estimate of drug-likeness (QED) is 0.308. The Morgan fingerprint density at radius 3 is 2.44 bits per heavy atom. The van der Waals surface area contributed by atoms with Crippen molar-refractivity contribution in [2.45, 2.75) is 32.8 Å². The van der Waals surface area contributed by atoms with E-state index in [4.69, 9.17) is 27.9 Å². The van der Waals surface area contributed by atoms with Crippen LogP contribution in [0.5, 0.6) is 5.75 Å². The molecule has 0 spiro atoms. The SMILES string of the molecule is COC(=O)[C@H](C)Oc1c(Cl)cc(C=Nn2c(C(C)C)nc3ccc(Br)cc3c2=O)cc1Cl. The number of benzene rings is 2. The van der Waals surface area contributed by atoms with Crippen molar-refractivity contribution in [1.82, 2.24) is 9.66 Å². The molecule has 0 saturated heterocycles. The van der Waals surface area contributed by atoms with Gasteiger partial charge in [-0.05, 0) is 42.8 Å². The van der Waals surface area contributed by atoms with Crippen LogP contribution in [-0.2, 0) is 9.53 Å². The molecule has 10 heteroatoms. The number of carbonyl (C=O) groups excluding carboxylic acids is 1. The van der Waals surface area contributed by atoms with E-state index in [2.05, 4.69) is 30.8 Å². The number of halogens is 3. The molecule has 0 aliphatic heterocycles. The van der Waals surface area contributed by atoms with Gasteiger partial charge in [0.1, 0.15) is 5.82 Å². The lowest BCUT2D eigenvalue weighted by atomic mass is 10.2. The molecule has 1 aromatic heterocycles. The van der Waals surface area contributed by atoms with E-state index in [9.17, 15) is 9.59 Å². The lowest BCUT2D eigenvalue weighted by molar-refractivity contribution is -0.147. The van der Waals surface area contributed by atoms with Gasteiger partial charge in [0.05, 0.1) is 34.3 Å². The molecule has 0 radical (unpaired) electrons. The number of ether oxygens (including phenoxy) is 2. The van der Waals surface area contributed by atoms with E-state index in [1.165, 1.54) is 24.9 Å². The number of esters is 1. The number of fused-ring (bicyclic) bond motifs is 1. The minimum absolute atomic E-state index is 0.0457. The van der Waals surface area contributed by atoms with E-state index in [1.54, 1.807) is 24.3 Å². The Morgan fingerprint density at radius 1 is 1.19 bits per heavy atom. The molecule has 1 atom stereocenters. The zero-order chi connectivity index (χ0) is 23.6. The Morgan fingerprint density at radius 2 is 1.84 bits per heavy atom. The van der Waals surface area contributed by atoms with Crippen LogP contribution in [0.4, 0.5) is 0 Å². The number of methoxy groups -OCH3 is 1. The van der Waals surface area contributed by atoms with Crippen LogP contribution in [-0.4, -0.2) is 35.1 Å².